The van der Waals surface area contributed by atoms with E-state index in [1.807, 2.05) is 0 Å². The Morgan fingerprint density at radius 2 is 1.14 bits per heavy atom. The fourth-order valence-corrected chi connectivity index (χ4v) is 2.07. The van der Waals surface area contributed by atoms with Crippen molar-refractivity contribution in [1.82, 2.24) is 0 Å². The van der Waals surface area contributed by atoms with E-state index in [0.29, 0.717) is 5.41 Å². The van der Waals surface area contributed by atoms with E-state index in [0.717, 1.165) is 23.7 Å². The highest BCUT2D eigenvalue weighted by molar-refractivity contribution is 4.83. The van der Waals surface area contributed by atoms with Gasteiger partial charge in [0.2, 0.25) is 0 Å². The number of hydrogen-bond donors (Lipinski definition) is 0. The van der Waals surface area contributed by atoms with Crippen LogP contribution in [-0.2, 0) is 0 Å². The van der Waals surface area contributed by atoms with Crippen molar-refractivity contribution in [2.45, 2.75) is 61.8 Å². The molecule has 0 nitrogen and oxygen atoms in total. The summed E-state index contributed by atoms with van der Waals surface area (Å²) in [5.41, 5.74) is 0.504. The summed E-state index contributed by atoms with van der Waals surface area (Å²) in [7, 11) is 0. The summed E-state index contributed by atoms with van der Waals surface area (Å²) in [6, 6.07) is 0. The maximum Gasteiger partial charge on any atom is -0.0277 e. The summed E-state index contributed by atoms with van der Waals surface area (Å²) in [6.45, 7) is 19.0. The average Bonchev–Trinajstić information content (AvgIpc) is 2.02. The van der Waals surface area contributed by atoms with Crippen molar-refractivity contribution < 1.29 is 0 Å². The van der Waals surface area contributed by atoms with Gasteiger partial charge in [0.25, 0.3) is 0 Å². The zero-order valence-electron chi connectivity index (χ0n) is 11.5. The Bertz CT molecular complexity index is 145. The van der Waals surface area contributed by atoms with E-state index in [-0.39, 0.29) is 0 Å². The van der Waals surface area contributed by atoms with Crippen molar-refractivity contribution in [2.75, 3.05) is 0 Å². The highest BCUT2D eigenvalue weighted by Crippen LogP contribution is 2.42. The normalized spacial score (nSPS) is 15.6. The maximum atomic E-state index is 2.46. The van der Waals surface area contributed by atoms with Crippen LogP contribution in [0.5, 0.6) is 0 Å². The molecule has 1 unspecified atom stereocenters. The van der Waals surface area contributed by atoms with E-state index in [9.17, 15) is 0 Å². The summed E-state index contributed by atoms with van der Waals surface area (Å²) in [4.78, 5) is 0. The lowest BCUT2D eigenvalue weighted by Gasteiger charge is -2.41. The van der Waals surface area contributed by atoms with Crippen LogP contribution >= 0.6 is 0 Å². The molecule has 0 spiro atoms. The van der Waals surface area contributed by atoms with E-state index in [2.05, 4.69) is 55.4 Å². The minimum absolute atomic E-state index is 0.504. The van der Waals surface area contributed by atoms with Crippen LogP contribution in [-0.4, -0.2) is 0 Å². The van der Waals surface area contributed by atoms with Gasteiger partial charge in [0.05, 0.1) is 0 Å². The zero-order valence-corrected chi connectivity index (χ0v) is 11.5. The summed E-state index contributed by atoms with van der Waals surface area (Å²) >= 11 is 0. The molecule has 0 aliphatic rings. The molecule has 0 aromatic carbocycles. The molecule has 0 aliphatic carbocycles. The molecule has 0 radical (unpaired) electrons. The minimum atomic E-state index is 0.504. The van der Waals surface area contributed by atoms with Gasteiger partial charge in [-0.15, -0.1) is 0 Å². The summed E-state index contributed by atoms with van der Waals surface area (Å²) in [5.74, 6) is 3.21. The summed E-state index contributed by atoms with van der Waals surface area (Å²) < 4.78 is 0. The second-order valence-electron chi connectivity index (χ2n) is 6.24. The Hall–Kier alpha value is 0. The van der Waals surface area contributed by atoms with Crippen LogP contribution in [0.2, 0.25) is 0 Å². The van der Waals surface area contributed by atoms with E-state index >= 15 is 0 Å². The molecule has 0 aliphatic heterocycles. The lowest BCUT2D eigenvalue weighted by molar-refractivity contribution is 0.0888. The monoisotopic (exact) mass is 198 g/mol. The standard InChI is InChI=1S/C14H30/c1-10(2)13(7)9-14(8,11(3)4)12(5)6/h10-13H,9H2,1-8H3. The second-order valence-corrected chi connectivity index (χ2v) is 6.24. The fourth-order valence-electron chi connectivity index (χ4n) is 2.07. The number of rotatable bonds is 5. The van der Waals surface area contributed by atoms with Crippen molar-refractivity contribution in [1.29, 1.82) is 0 Å². The first kappa shape index (κ1) is 14.0. The summed E-state index contributed by atoms with van der Waals surface area (Å²) in [5, 5.41) is 0. The first-order valence-corrected chi connectivity index (χ1v) is 6.21. The van der Waals surface area contributed by atoms with Crippen molar-refractivity contribution in [2.24, 2.45) is 29.1 Å². The van der Waals surface area contributed by atoms with Crippen molar-refractivity contribution in [3.8, 4) is 0 Å². The molecular formula is C14H30. The molecule has 0 N–H and O–H groups in total. The van der Waals surface area contributed by atoms with Gasteiger partial charge in [-0.2, -0.15) is 0 Å². The average molecular weight is 198 g/mol. The van der Waals surface area contributed by atoms with Crippen LogP contribution in [0.25, 0.3) is 0 Å². The van der Waals surface area contributed by atoms with Gasteiger partial charge in [0, 0.05) is 0 Å². The van der Waals surface area contributed by atoms with E-state index < -0.39 is 0 Å². The van der Waals surface area contributed by atoms with Crippen molar-refractivity contribution in [3.05, 3.63) is 0 Å². The predicted molar refractivity (Wildman–Crippen MR) is 66.4 cm³/mol. The lowest BCUT2D eigenvalue weighted by Crippen LogP contribution is -2.32. The molecule has 0 heteroatoms. The van der Waals surface area contributed by atoms with E-state index in [4.69, 9.17) is 0 Å². The van der Waals surface area contributed by atoms with Crippen LogP contribution in [0.4, 0.5) is 0 Å². The summed E-state index contributed by atoms with van der Waals surface area (Å²) in [6.07, 6.45) is 1.36. The lowest BCUT2D eigenvalue weighted by atomic mass is 9.65. The van der Waals surface area contributed by atoms with Gasteiger partial charge in [-0.1, -0.05) is 55.4 Å². The molecule has 1 atom stereocenters. The molecule has 0 aromatic heterocycles. The van der Waals surface area contributed by atoms with Gasteiger partial charge in [-0.3, -0.25) is 0 Å². The Labute approximate surface area is 91.5 Å². The predicted octanol–water partition coefficient (Wildman–Crippen LogP) is 4.99. The quantitative estimate of drug-likeness (QED) is 0.584. The smallest absolute Gasteiger partial charge is 0.0277 e. The van der Waals surface area contributed by atoms with Crippen LogP contribution in [0.15, 0.2) is 0 Å². The SMILES string of the molecule is CC(C)C(C)CC(C)(C(C)C)C(C)C. The van der Waals surface area contributed by atoms with Gasteiger partial charge < -0.3 is 0 Å². The molecule has 0 rings (SSSR count). The maximum absolute atomic E-state index is 2.46. The van der Waals surface area contributed by atoms with Gasteiger partial charge in [-0.05, 0) is 35.5 Å². The van der Waals surface area contributed by atoms with Crippen LogP contribution in [0.1, 0.15) is 61.8 Å². The first-order chi connectivity index (χ1) is 6.21. The van der Waals surface area contributed by atoms with Gasteiger partial charge >= 0.3 is 0 Å². The molecule has 14 heavy (non-hydrogen) atoms. The minimum Gasteiger partial charge on any atom is -0.0625 e. The first-order valence-electron chi connectivity index (χ1n) is 6.21. The zero-order chi connectivity index (χ0) is 11.5. The third kappa shape index (κ3) is 3.29. The van der Waals surface area contributed by atoms with Crippen molar-refractivity contribution in [3.63, 3.8) is 0 Å². The largest absolute Gasteiger partial charge is 0.0625 e. The topological polar surface area (TPSA) is 0 Å². The molecule has 0 heterocycles. The highest BCUT2D eigenvalue weighted by atomic mass is 14.4. The third-order valence-corrected chi connectivity index (χ3v) is 4.54. The number of hydrogen-bond acceptors (Lipinski definition) is 0. The molecule has 0 saturated heterocycles. The van der Waals surface area contributed by atoms with Crippen LogP contribution in [0, 0.1) is 29.1 Å². The fraction of sp³-hybridized carbons (Fsp3) is 1.00. The Kier molecular flexibility index (Phi) is 5.19. The van der Waals surface area contributed by atoms with Crippen LogP contribution < -0.4 is 0 Å². The Morgan fingerprint density at radius 1 is 0.786 bits per heavy atom. The van der Waals surface area contributed by atoms with E-state index in [1.54, 1.807) is 0 Å². The molecule has 0 amide bonds. The van der Waals surface area contributed by atoms with E-state index in [1.165, 1.54) is 6.42 Å². The molecule has 0 saturated carbocycles. The third-order valence-electron chi connectivity index (χ3n) is 4.54. The van der Waals surface area contributed by atoms with Gasteiger partial charge in [-0.25, -0.2) is 0 Å². The second kappa shape index (κ2) is 5.19. The highest BCUT2D eigenvalue weighted by Gasteiger charge is 2.33. The molecule has 0 fully saturated rings. The van der Waals surface area contributed by atoms with Crippen LogP contribution in [0.3, 0.4) is 0 Å². The molecule has 0 aromatic rings. The molecule has 86 valence electrons. The molecule has 0 bridgehead atoms. The Balaban J connectivity index is 4.53. The van der Waals surface area contributed by atoms with Crippen molar-refractivity contribution >= 4 is 0 Å². The van der Waals surface area contributed by atoms with Gasteiger partial charge in [0.15, 0.2) is 0 Å². The molecular weight excluding hydrogens is 168 g/mol. The Morgan fingerprint density at radius 3 is 1.36 bits per heavy atom. The van der Waals surface area contributed by atoms with Gasteiger partial charge in [0.1, 0.15) is 0 Å².